The Balaban J connectivity index is 1.61. The summed E-state index contributed by atoms with van der Waals surface area (Å²) in [6.07, 6.45) is 4.25. The third kappa shape index (κ3) is 3.52. The van der Waals surface area contributed by atoms with Gasteiger partial charge in [0.15, 0.2) is 11.0 Å². The zero-order chi connectivity index (χ0) is 18.1. The quantitative estimate of drug-likeness (QED) is 0.504. The molecule has 26 heavy (non-hydrogen) atoms. The van der Waals surface area contributed by atoms with Crippen molar-refractivity contribution in [1.29, 1.82) is 0 Å². The average molecular weight is 405 g/mol. The van der Waals surface area contributed by atoms with Crippen molar-refractivity contribution in [3.8, 4) is 0 Å². The minimum absolute atomic E-state index is 0.337. The molecule has 0 unspecified atom stereocenters. The van der Waals surface area contributed by atoms with Crippen LogP contribution in [0.1, 0.15) is 18.4 Å². The minimum atomic E-state index is 0.337. The number of hydrogen-bond acceptors (Lipinski definition) is 3. The normalized spacial score (nSPS) is 14.7. The monoisotopic (exact) mass is 403 g/mol. The molecule has 1 aliphatic heterocycles. The molecule has 1 aliphatic rings. The van der Waals surface area contributed by atoms with Crippen LogP contribution in [0.2, 0.25) is 15.2 Å². The van der Waals surface area contributed by atoms with Gasteiger partial charge in [-0.15, -0.1) is 10.2 Å². The summed E-state index contributed by atoms with van der Waals surface area (Å²) in [7, 11) is 0. The van der Waals surface area contributed by atoms with E-state index in [4.69, 9.17) is 34.8 Å². The molecule has 1 saturated heterocycles. The van der Waals surface area contributed by atoms with Crippen molar-refractivity contribution >= 4 is 57.5 Å². The second-order valence-corrected chi connectivity index (χ2v) is 7.50. The van der Waals surface area contributed by atoms with Crippen LogP contribution in [-0.2, 0) is 0 Å². The summed E-state index contributed by atoms with van der Waals surface area (Å²) in [6.45, 7) is 1.76. The third-order valence-corrected chi connectivity index (χ3v) is 5.63. The highest BCUT2D eigenvalue weighted by molar-refractivity contribution is 6.43. The maximum atomic E-state index is 6.21. The van der Waals surface area contributed by atoms with Crippen molar-refractivity contribution in [2.24, 2.45) is 0 Å². The second kappa shape index (κ2) is 7.43. The Morgan fingerprint density at radius 1 is 0.846 bits per heavy atom. The molecule has 0 aliphatic carbocycles. The van der Waals surface area contributed by atoms with Crippen LogP contribution in [0.3, 0.4) is 0 Å². The van der Waals surface area contributed by atoms with Crippen LogP contribution in [0.25, 0.3) is 16.8 Å². The van der Waals surface area contributed by atoms with Crippen molar-refractivity contribution < 1.29 is 0 Å². The average Bonchev–Trinajstić information content (AvgIpc) is 2.65. The molecule has 0 atom stereocenters. The van der Waals surface area contributed by atoms with Gasteiger partial charge in [0.05, 0.1) is 10.0 Å². The van der Waals surface area contributed by atoms with Gasteiger partial charge in [0.25, 0.3) is 0 Å². The number of hydrogen-bond donors (Lipinski definition) is 0. The predicted octanol–water partition coefficient (Wildman–Crippen LogP) is 6.27. The molecule has 3 aromatic rings. The summed E-state index contributed by atoms with van der Waals surface area (Å²) in [5.74, 6) is 0.807. The van der Waals surface area contributed by atoms with Gasteiger partial charge in [-0.25, -0.2) is 0 Å². The van der Waals surface area contributed by atoms with E-state index in [1.807, 2.05) is 12.1 Å². The van der Waals surface area contributed by atoms with Crippen LogP contribution in [0.5, 0.6) is 0 Å². The maximum Gasteiger partial charge on any atom is 0.159 e. The summed E-state index contributed by atoms with van der Waals surface area (Å²) in [5, 5.41) is 11.4. The Kier molecular flexibility index (Phi) is 5.03. The van der Waals surface area contributed by atoms with E-state index in [2.05, 4.69) is 45.4 Å². The fraction of sp³-hybridized carbons (Fsp3) is 0.200. The van der Waals surface area contributed by atoms with E-state index in [-0.39, 0.29) is 0 Å². The maximum absolute atomic E-state index is 6.21. The van der Waals surface area contributed by atoms with Crippen LogP contribution in [0.15, 0.2) is 48.0 Å². The standard InChI is InChI=1S/C20H16Cl3N3/c21-17-11-15-16(12-18(17)22)20(25-24-19(15)23)26-8-6-14(7-9-26)10-13-4-2-1-3-5-13/h1-5,10-12H,6-9H2. The van der Waals surface area contributed by atoms with E-state index in [1.54, 1.807) is 6.07 Å². The first-order valence-corrected chi connectivity index (χ1v) is 9.55. The number of aromatic nitrogens is 2. The van der Waals surface area contributed by atoms with E-state index in [0.717, 1.165) is 42.5 Å². The number of benzene rings is 2. The molecule has 0 bridgehead atoms. The zero-order valence-electron chi connectivity index (χ0n) is 13.9. The zero-order valence-corrected chi connectivity index (χ0v) is 16.2. The molecular weight excluding hydrogens is 389 g/mol. The van der Waals surface area contributed by atoms with Crippen molar-refractivity contribution in [1.82, 2.24) is 10.2 Å². The van der Waals surface area contributed by atoms with Crippen molar-refractivity contribution in [3.63, 3.8) is 0 Å². The smallest absolute Gasteiger partial charge is 0.159 e. The molecule has 4 rings (SSSR count). The molecule has 1 fully saturated rings. The lowest BCUT2D eigenvalue weighted by Gasteiger charge is -2.30. The van der Waals surface area contributed by atoms with Gasteiger partial charge in [-0.2, -0.15) is 0 Å². The van der Waals surface area contributed by atoms with Crippen LogP contribution >= 0.6 is 34.8 Å². The predicted molar refractivity (Wildman–Crippen MR) is 110 cm³/mol. The molecule has 3 nitrogen and oxygen atoms in total. The summed E-state index contributed by atoms with van der Waals surface area (Å²) < 4.78 is 0. The van der Waals surface area contributed by atoms with E-state index in [1.165, 1.54) is 11.1 Å². The molecule has 2 heterocycles. The molecule has 6 heteroatoms. The Hall–Kier alpha value is -1.81. The van der Waals surface area contributed by atoms with E-state index in [9.17, 15) is 0 Å². The molecule has 0 radical (unpaired) electrons. The van der Waals surface area contributed by atoms with Gasteiger partial charge in [0.1, 0.15) is 0 Å². The van der Waals surface area contributed by atoms with E-state index in [0.29, 0.717) is 15.2 Å². The number of fused-ring (bicyclic) bond motifs is 1. The van der Waals surface area contributed by atoms with Gasteiger partial charge in [0.2, 0.25) is 0 Å². The van der Waals surface area contributed by atoms with Gasteiger partial charge < -0.3 is 4.90 Å². The number of anilines is 1. The fourth-order valence-corrected chi connectivity index (χ4v) is 3.79. The Bertz CT molecular complexity index is 977. The fourth-order valence-electron chi connectivity index (χ4n) is 3.27. The molecule has 0 amide bonds. The number of nitrogens with zero attached hydrogens (tertiary/aromatic N) is 3. The van der Waals surface area contributed by atoms with Crippen LogP contribution in [0, 0.1) is 0 Å². The summed E-state index contributed by atoms with van der Waals surface area (Å²) in [6, 6.07) is 14.0. The summed E-state index contributed by atoms with van der Waals surface area (Å²) >= 11 is 18.6. The highest BCUT2D eigenvalue weighted by Crippen LogP contribution is 2.36. The second-order valence-electron chi connectivity index (χ2n) is 6.33. The first kappa shape index (κ1) is 17.6. The summed E-state index contributed by atoms with van der Waals surface area (Å²) in [4.78, 5) is 2.23. The van der Waals surface area contributed by atoms with Gasteiger partial charge in [0, 0.05) is 23.9 Å². The Labute approximate surface area is 167 Å². The molecule has 0 spiro atoms. The lowest BCUT2D eigenvalue weighted by molar-refractivity contribution is 0.678. The van der Waals surface area contributed by atoms with Crippen LogP contribution < -0.4 is 4.90 Å². The molecule has 1 aromatic heterocycles. The van der Waals surface area contributed by atoms with Gasteiger partial charge >= 0.3 is 0 Å². The highest BCUT2D eigenvalue weighted by Gasteiger charge is 2.20. The molecule has 0 N–H and O–H groups in total. The van der Waals surface area contributed by atoms with Gasteiger partial charge in [-0.1, -0.05) is 76.8 Å². The lowest BCUT2D eigenvalue weighted by atomic mass is 10.0. The number of rotatable bonds is 2. The van der Waals surface area contributed by atoms with E-state index >= 15 is 0 Å². The molecular formula is C20H16Cl3N3. The Morgan fingerprint density at radius 3 is 2.19 bits per heavy atom. The Morgan fingerprint density at radius 2 is 1.50 bits per heavy atom. The third-order valence-electron chi connectivity index (χ3n) is 4.63. The SMILES string of the molecule is Clc1cc2c(Cl)nnc(N3CCC(=Cc4ccccc4)CC3)c2cc1Cl. The van der Waals surface area contributed by atoms with Crippen molar-refractivity contribution in [3.05, 3.63) is 68.8 Å². The van der Waals surface area contributed by atoms with Gasteiger partial charge in [-0.05, 0) is 30.5 Å². The first-order valence-electron chi connectivity index (χ1n) is 8.42. The molecule has 2 aromatic carbocycles. The highest BCUT2D eigenvalue weighted by atomic mass is 35.5. The largest absolute Gasteiger partial charge is 0.354 e. The van der Waals surface area contributed by atoms with Crippen LogP contribution in [0.4, 0.5) is 5.82 Å². The van der Waals surface area contributed by atoms with Crippen LogP contribution in [-0.4, -0.2) is 23.3 Å². The molecule has 132 valence electrons. The minimum Gasteiger partial charge on any atom is -0.354 e. The number of piperidine rings is 1. The van der Waals surface area contributed by atoms with Crippen molar-refractivity contribution in [2.75, 3.05) is 18.0 Å². The first-order chi connectivity index (χ1) is 12.6. The van der Waals surface area contributed by atoms with Gasteiger partial charge in [-0.3, -0.25) is 0 Å². The number of halogens is 3. The lowest BCUT2D eigenvalue weighted by Crippen LogP contribution is -2.31. The topological polar surface area (TPSA) is 29.0 Å². The summed E-state index contributed by atoms with van der Waals surface area (Å²) in [5.41, 5.74) is 2.69. The molecule has 0 saturated carbocycles. The van der Waals surface area contributed by atoms with E-state index < -0.39 is 0 Å². The van der Waals surface area contributed by atoms with Crippen molar-refractivity contribution in [2.45, 2.75) is 12.8 Å².